The van der Waals surface area contributed by atoms with Gasteiger partial charge in [-0.05, 0) is 32.9 Å². The summed E-state index contributed by atoms with van der Waals surface area (Å²) in [6.07, 6.45) is 0. The normalized spacial score (nSPS) is 8.70. The van der Waals surface area contributed by atoms with Crippen LogP contribution in [0.25, 0.3) is 0 Å². The van der Waals surface area contributed by atoms with Crippen molar-refractivity contribution in [3.8, 4) is 5.75 Å². The van der Waals surface area contributed by atoms with Gasteiger partial charge in [-0.25, -0.2) is 9.59 Å². The van der Waals surface area contributed by atoms with Gasteiger partial charge in [0.05, 0.1) is 6.61 Å². The summed E-state index contributed by atoms with van der Waals surface area (Å²) < 4.78 is 4.94. The Labute approximate surface area is 160 Å². The van der Waals surface area contributed by atoms with Crippen molar-refractivity contribution in [2.24, 2.45) is 0 Å². The van der Waals surface area contributed by atoms with E-state index in [9.17, 15) is 9.59 Å². The summed E-state index contributed by atoms with van der Waals surface area (Å²) in [7, 11) is 0. The van der Waals surface area contributed by atoms with Gasteiger partial charge in [0, 0.05) is 11.1 Å². The summed E-state index contributed by atoms with van der Waals surface area (Å²) in [6.45, 7) is 12.1. The van der Waals surface area contributed by atoms with Crippen LogP contribution in [0.5, 0.6) is 5.75 Å². The predicted molar refractivity (Wildman–Crippen MR) is 106 cm³/mol. The number of para-hydroxylation sites is 1. The zero-order chi connectivity index (χ0) is 20.5. The second-order valence-electron chi connectivity index (χ2n) is 5.20. The molecule has 27 heavy (non-hydrogen) atoms. The van der Waals surface area contributed by atoms with Crippen molar-refractivity contribution in [2.75, 3.05) is 6.61 Å². The van der Waals surface area contributed by atoms with Crippen molar-refractivity contribution >= 4 is 11.9 Å². The van der Waals surface area contributed by atoms with Crippen LogP contribution in [0.3, 0.4) is 0 Å². The average Bonchev–Trinajstić information content (AvgIpc) is 2.69. The lowest BCUT2D eigenvalue weighted by molar-refractivity contribution is -0.265. The molecule has 0 aromatic heterocycles. The molecule has 5 nitrogen and oxygen atoms in total. The molecule has 0 amide bonds. The third-order valence-corrected chi connectivity index (χ3v) is 2.57. The number of carbonyl (C=O) groups is 2. The van der Waals surface area contributed by atoms with E-state index in [1.807, 2.05) is 42.5 Å². The van der Waals surface area contributed by atoms with Gasteiger partial charge in [0.15, 0.2) is 0 Å². The summed E-state index contributed by atoms with van der Waals surface area (Å²) >= 11 is 0. The molecule has 0 N–H and O–H groups in total. The molecular formula is C22H26O5. The first-order valence-electron chi connectivity index (χ1n) is 8.30. The monoisotopic (exact) mass is 370 g/mol. The Morgan fingerprint density at radius 3 is 1.56 bits per heavy atom. The Hall–Kier alpha value is -3.18. The number of hydrogen-bond donors (Lipinski definition) is 0. The van der Waals surface area contributed by atoms with Crippen molar-refractivity contribution in [2.45, 2.75) is 20.8 Å². The first kappa shape index (κ1) is 23.8. The summed E-state index contributed by atoms with van der Waals surface area (Å²) in [5.74, 6) is -0.358. The maximum absolute atomic E-state index is 11.0. The topological polar surface area (TPSA) is 61.8 Å². The minimum atomic E-state index is -0.517. The molecule has 0 saturated heterocycles. The average molecular weight is 370 g/mol. The first-order chi connectivity index (χ1) is 12.9. The highest BCUT2D eigenvalue weighted by atomic mass is 17.2. The SMILES string of the molecule is C=C(C)C(=O)OOCC.C=C(C)C(=O)Oc1ccccc1.c1ccccc1. The van der Waals surface area contributed by atoms with Crippen molar-refractivity contribution < 1.29 is 24.1 Å². The number of rotatable bonds is 5. The Bertz CT molecular complexity index is 666. The molecule has 5 heteroatoms. The Morgan fingerprint density at radius 1 is 0.778 bits per heavy atom. The molecule has 0 aliphatic carbocycles. The molecule has 0 fully saturated rings. The molecule has 0 aliphatic heterocycles. The Kier molecular flexibility index (Phi) is 13.3. The van der Waals surface area contributed by atoms with E-state index in [1.165, 1.54) is 0 Å². The van der Waals surface area contributed by atoms with Crippen LogP contribution in [0, 0.1) is 0 Å². The molecule has 2 aromatic carbocycles. The summed E-state index contributed by atoms with van der Waals surface area (Å²) in [5.41, 5.74) is 0.738. The fraction of sp³-hybridized carbons (Fsp3) is 0.182. The molecule has 0 bridgehead atoms. The lowest BCUT2D eigenvalue weighted by atomic mass is 10.3. The van der Waals surface area contributed by atoms with Crippen LogP contribution in [0.2, 0.25) is 0 Å². The number of ether oxygens (including phenoxy) is 1. The van der Waals surface area contributed by atoms with Gasteiger partial charge in [0.2, 0.25) is 0 Å². The second kappa shape index (κ2) is 15.1. The van der Waals surface area contributed by atoms with Crippen LogP contribution in [-0.4, -0.2) is 18.5 Å². The molecule has 0 heterocycles. The highest BCUT2D eigenvalue weighted by molar-refractivity contribution is 5.88. The van der Waals surface area contributed by atoms with E-state index in [1.54, 1.807) is 45.0 Å². The van der Waals surface area contributed by atoms with E-state index in [4.69, 9.17) is 4.74 Å². The van der Waals surface area contributed by atoms with E-state index in [0.29, 0.717) is 23.5 Å². The number of hydrogen-bond acceptors (Lipinski definition) is 5. The fourth-order valence-corrected chi connectivity index (χ4v) is 1.25. The van der Waals surface area contributed by atoms with Gasteiger partial charge < -0.3 is 4.74 Å². The minimum absolute atomic E-state index is 0.337. The molecule has 0 saturated carbocycles. The van der Waals surface area contributed by atoms with Gasteiger partial charge in [0.25, 0.3) is 0 Å². The van der Waals surface area contributed by atoms with Crippen molar-refractivity contribution in [1.82, 2.24) is 0 Å². The number of benzene rings is 2. The molecule has 144 valence electrons. The van der Waals surface area contributed by atoms with E-state index >= 15 is 0 Å². The van der Waals surface area contributed by atoms with Crippen LogP contribution >= 0.6 is 0 Å². The van der Waals surface area contributed by atoms with Crippen LogP contribution in [0.4, 0.5) is 0 Å². The third-order valence-electron chi connectivity index (χ3n) is 2.57. The minimum Gasteiger partial charge on any atom is -0.423 e. The summed E-state index contributed by atoms with van der Waals surface area (Å²) in [6, 6.07) is 20.9. The molecule has 2 rings (SSSR count). The van der Waals surface area contributed by atoms with Gasteiger partial charge in [-0.2, -0.15) is 4.89 Å². The highest BCUT2D eigenvalue weighted by Gasteiger charge is 2.03. The van der Waals surface area contributed by atoms with Crippen LogP contribution < -0.4 is 4.74 Å². The maximum atomic E-state index is 11.0. The van der Waals surface area contributed by atoms with Gasteiger partial charge in [-0.15, -0.1) is 0 Å². The van der Waals surface area contributed by atoms with Crippen LogP contribution in [0.15, 0.2) is 91.0 Å². The standard InChI is InChI=1S/C10H10O2.C6H10O3.C6H6/c1-8(2)10(11)12-9-6-4-3-5-7-9;1-4-8-9-6(7)5(2)3;1-2-4-6-5-3-1/h3-7H,1H2,2H3;2,4H2,1,3H3;1-6H. The number of esters is 1. The maximum Gasteiger partial charge on any atom is 0.368 e. The van der Waals surface area contributed by atoms with Crippen LogP contribution in [0.1, 0.15) is 20.8 Å². The van der Waals surface area contributed by atoms with Gasteiger partial charge in [-0.1, -0.05) is 67.8 Å². The third kappa shape index (κ3) is 13.8. The zero-order valence-corrected chi connectivity index (χ0v) is 16.0. The predicted octanol–water partition coefficient (Wildman–Crippen LogP) is 4.91. The molecule has 0 spiro atoms. The smallest absolute Gasteiger partial charge is 0.368 e. The van der Waals surface area contributed by atoms with Gasteiger partial charge in [-0.3, -0.25) is 4.89 Å². The van der Waals surface area contributed by atoms with Crippen molar-refractivity contribution in [1.29, 1.82) is 0 Å². The van der Waals surface area contributed by atoms with E-state index in [2.05, 4.69) is 22.9 Å². The van der Waals surface area contributed by atoms with Crippen molar-refractivity contribution in [3.63, 3.8) is 0 Å². The summed E-state index contributed by atoms with van der Waals surface area (Å²) in [5, 5.41) is 0. The number of carbonyl (C=O) groups excluding carboxylic acids is 2. The molecular weight excluding hydrogens is 344 g/mol. The Balaban J connectivity index is 0.000000398. The lowest BCUT2D eigenvalue weighted by Gasteiger charge is -2.01. The van der Waals surface area contributed by atoms with Crippen LogP contribution in [-0.2, 0) is 19.4 Å². The largest absolute Gasteiger partial charge is 0.423 e. The summed E-state index contributed by atoms with van der Waals surface area (Å²) in [4.78, 5) is 30.0. The van der Waals surface area contributed by atoms with Crippen molar-refractivity contribution in [3.05, 3.63) is 91.0 Å². The lowest BCUT2D eigenvalue weighted by Crippen LogP contribution is -2.07. The zero-order valence-electron chi connectivity index (χ0n) is 16.0. The van der Waals surface area contributed by atoms with Gasteiger partial charge >= 0.3 is 11.9 Å². The van der Waals surface area contributed by atoms with Gasteiger partial charge in [0.1, 0.15) is 5.75 Å². The molecule has 0 radical (unpaired) electrons. The molecule has 0 atom stereocenters. The fourth-order valence-electron chi connectivity index (χ4n) is 1.25. The van der Waals surface area contributed by atoms with E-state index < -0.39 is 5.97 Å². The van der Waals surface area contributed by atoms with E-state index in [0.717, 1.165) is 0 Å². The second-order valence-corrected chi connectivity index (χ2v) is 5.20. The molecule has 0 unspecified atom stereocenters. The Morgan fingerprint density at radius 2 is 1.19 bits per heavy atom. The quantitative estimate of drug-likeness (QED) is 0.246. The molecule has 2 aromatic rings. The van der Waals surface area contributed by atoms with E-state index in [-0.39, 0.29) is 5.97 Å². The first-order valence-corrected chi connectivity index (χ1v) is 8.30. The highest BCUT2D eigenvalue weighted by Crippen LogP contribution is 2.09. The molecule has 0 aliphatic rings.